The highest BCUT2D eigenvalue weighted by atomic mass is 19.4. The zero-order chi connectivity index (χ0) is 14.4. The van der Waals surface area contributed by atoms with E-state index in [0.717, 1.165) is 44.3 Å². The standard InChI is InChI=1S/C15H18F3NO/c16-15(17,18)12-3-1-11(2-4-12)14(7-8-14)19-9-5-13(20)6-10-19/h1-4,13,20H,5-10H2. The van der Waals surface area contributed by atoms with E-state index in [0.29, 0.717) is 0 Å². The average Bonchev–Trinajstić information content (AvgIpc) is 3.20. The number of rotatable bonds is 2. The zero-order valence-electron chi connectivity index (χ0n) is 11.2. The van der Waals surface area contributed by atoms with Crippen molar-refractivity contribution >= 4 is 0 Å². The molecule has 1 saturated carbocycles. The number of benzene rings is 1. The number of piperidine rings is 1. The van der Waals surface area contributed by atoms with Crippen LogP contribution in [0.5, 0.6) is 0 Å². The molecule has 1 aromatic rings. The molecule has 0 radical (unpaired) electrons. The lowest BCUT2D eigenvalue weighted by Crippen LogP contribution is -2.42. The summed E-state index contributed by atoms with van der Waals surface area (Å²) in [5, 5.41) is 9.56. The molecule has 5 heteroatoms. The third-order valence-corrected chi connectivity index (χ3v) is 4.54. The van der Waals surface area contributed by atoms with Gasteiger partial charge in [0.25, 0.3) is 0 Å². The summed E-state index contributed by atoms with van der Waals surface area (Å²) in [6.07, 6.45) is -1.01. The first-order valence-corrected chi connectivity index (χ1v) is 7.03. The Labute approximate surface area is 116 Å². The summed E-state index contributed by atoms with van der Waals surface area (Å²) >= 11 is 0. The largest absolute Gasteiger partial charge is 0.416 e. The third-order valence-electron chi connectivity index (χ3n) is 4.54. The van der Waals surface area contributed by atoms with E-state index in [-0.39, 0.29) is 11.6 Å². The second-order valence-corrected chi connectivity index (χ2v) is 5.82. The minimum absolute atomic E-state index is 0.0791. The molecule has 110 valence electrons. The van der Waals surface area contributed by atoms with E-state index in [1.165, 1.54) is 12.1 Å². The molecule has 0 atom stereocenters. The summed E-state index contributed by atoms with van der Waals surface area (Å²) in [4.78, 5) is 2.32. The van der Waals surface area contributed by atoms with Crippen LogP contribution in [0.1, 0.15) is 36.8 Å². The maximum Gasteiger partial charge on any atom is 0.416 e. The summed E-state index contributed by atoms with van der Waals surface area (Å²) < 4.78 is 37.8. The lowest BCUT2D eigenvalue weighted by Gasteiger charge is -2.37. The molecule has 20 heavy (non-hydrogen) atoms. The molecule has 0 unspecified atom stereocenters. The Balaban J connectivity index is 1.78. The van der Waals surface area contributed by atoms with Crippen molar-refractivity contribution in [2.75, 3.05) is 13.1 Å². The number of likely N-dealkylation sites (tertiary alicyclic amines) is 1. The highest BCUT2D eigenvalue weighted by Crippen LogP contribution is 2.52. The fourth-order valence-electron chi connectivity index (χ4n) is 3.17. The van der Waals surface area contributed by atoms with Gasteiger partial charge in [0.2, 0.25) is 0 Å². The van der Waals surface area contributed by atoms with Crippen LogP contribution in [0.3, 0.4) is 0 Å². The van der Waals surface area contributed by atoms with Crippen LogP contribution in [-0.2, 0) is 11.7 Å². The smallest absolute Gasteiger partial charge is 0.393 e. The first kappa shape index (κ1) is 13.9. The van der Waals surface area contributed by atoms with Crippen molar-refractivity contribution in [1.82, 2.24) is 4.90 Å². The SMILES string of the molecule is OC1CCN(C2(c3ccc(C(F)(F)F)cc3)CC2)CC1. The van der Waals surface area contributed by atoms with Crippen molar-refractivity contribution in [2.24, 2.45) is 0 Å². The molecule has 0 spiro atoms. The van der Waals surface area contributed by atoms with Crippen molar-refractivity contribution in [3.63, 3.8) is 0 Å². The normalized spacial score (nSPS) is 23.8. The van der Waals surface area contributed by atoms with Crippen molar-refractivity contribution in [1.29, 1.82) is 0 Å². The molecule has 1 aromatic carbocycles. The van der Waals surface area contributed by atoms with Crippen LogP contribution in [0.25, 0.3) is 0 Å². The highest BCUT2D eigenvalue weighted by molar-refractivity contribution is 5.34. The van der Waals surface area contributed by atoms with Crippen LogP contribution >= 0.6 is 0 Å². The van der Waals surface area contributed by atoms with Gasteiger partial charge in [-0.05, 0) is 43.4 Å². The Kier molecular flexibility index (Phi) is 3.29. The van der Waals surface area contributed by atoms with Crippen molar-refractivity contribution in [3.05, 3.63) is 35.4 Å². The Morgan fingerprint density at radius 3 is 2.05 bits per heavy atom. The molecule has 1 N–H and O–H groups in total. The van der Waals surface area contributed by atoms with Crippen LogP contribution in [0, 0.1) is 0 Å². The van der Waals surface area contributed by atoms with Crippen LogP contribution < -0.4 is 0 Å². The third kappa shape index (κ3) is 2.44. The van der Waals surface area contributed by atoms with E-state index in [1.54, 1.807) is 12.1 Å². The summed E-state index contributed by atoms with van der Waals surface area (Å²) in [6.45, 7) is 1.64. The number of alkyl halides is 3. The molecule has 1 aliphatic heterocycles. The molecule has 1 saturated heterocycles. The number of nitrogens with zero attached hydrogens (tertiary/aromatic N) is 1. The van der Waals surface area contributed by atoms with Gasteiger partial charge in [0.1, 0.15) is 0 Å². The monoisotopic (exact) mass is 285 g/mol. The van der Waals surface area contributed by atoms with Crippen LogP contribution in [0.4, 0.5) is 13.2 Å². The summed E-state index contributed by atoms with van der Waals surface area (Å²) in [7, 11) is 0. The lowest BCUT2D eigenvalue weighted by molar-refractivity contribution is -0.137. The number of hydrogen-bond donors (Lipinski definition) is 1. The minimum Gasteiger partial charge on any atom is -0.393 e. The van der Waals surface area contributed by atoms with Crippen LogP contribution in [0.15, 0.2) is 24.3 Å². The van der Waals surface area contributed by atoms with Gasteiger partial charge in [0, 0.05) is 18.6 Å². The molecular formula is C15H18F3NO. The molecule has 1 aliphatic carbocycles. The number of aliphatic hydroxyl groups excluding tert-OH is 1. The summed E-state index contributed by atoms with van der Waals surface area (Å²) in [5.41, 5.74) is 0.303. The lowest BCUT2D eigenvalue weighted by atomic mass is 9.97. The van der Waals surface area contributed by atoms with Gasteiger partial charge in [-0.3, -0.25) is 4.90 Å². The minimum atomic E-state index is -4.27. The molecular weight excluding hydrogens is 267 g/mol. The van der Waals surface area contributed by atoms with E-state index >= 15 is 0 Å². The van der Waals surface area contributed by atoms with Crippen molar-refractivity contribution in [2.45, 2.75) is 43.5 Å². The molecule has 0 amide bonds. The topological polar surface area (TPSA) is 23.5 Å². The maximum absolute atomic E-state index is 12.6. The fraction of sp³-hybridized carbons (Fsp3) is 0.600. The van der Waals surface area contributed by atoms with E-state index in [9.17, 15) is 18.3 Å². The molecule has 2 aliphatic rings. The number of halogens is 3. The number of hydrogen-bond acceptors (Lipinski definition) is 2. The predicted octanol–water partition coefficient (Wildman–Crippen LogP) is 3.15. The van der Waals surface area contributed by atoms with Gasteiger partial charge in [-0.15, -0.1) is 0 Å². The van der Waals surface area contributed by atoms with Crippen molar-refractivity contribution < 1.29 is 18.3 Å². The van der Waals surface area contributed by atoms with Gasteiger partial charge >= 0.3 is 6.18 Å². The summed E-state index contributed by atoms with van der Waals surface area (Å²) in [5.74, 6) is 0. The summed E-state index contributed by atoms with van der Waals surface area (Å²) in [6, 6.07) is 5.57. The van der Waals surface area contributed by atoms with Crippen LogP contribution in [0.2, 0.25) is 0 Å². The van der Waals surface area contributed by atoms with E-state index in [1.807, 2.05) is 0 Å². The molecule has 2 fully saturated rings. The van der Waals surface area contributed by atoms with E-state index in [4.69, 9.17) is 0 Å². The van der Waals surface area contributed by atoms with E-state index in [2.05, 4.69) is 4.90 Å². The zero-order valence-corrected chi connectivity index (χ0v) is 11.2. The van der Waals surface area contributed by atoms with Gasteiger partial charge in [-0.1, -0.05) is 12.1 Å². The van der Waals surface area contributed by atoms with Gasteiger partial charge < -0.3 is 5.11 Å². The molecule has 3 rings (SSSR count). The van der Waals surface area contributed by atoms with Gasteiger partial charge in [0.05, 0.1) is 11.7 Å². The second-order valence-electron chi connectivity index (χ2n) is 5.82. The fourth-order valence-corrected chi connectivity index (χ4v) is 3.17. The predicted molar refractivity (Wildman–Crippen MR) is 69.2 cm³/mol. The second kappa shape index (κ2) is 4.74. The Bertz CT molecular complexity index is 471. The maximum atomic E-state index is 12.6. The van der Waals surface area contributed by atoms with Gasteiger partial charge in [0.15, 0.2) is 0 Å². The van der Waals surface area contributed by atoms with Gasteiger partial charge in [-0.25, -0.2) is 0 Å². The first-order chi connectivity index (χ1) is 9.42. The molecule has 0 bridgehead atoms. The Morgan fingerprint density at radius 2 is 1.60 bits per heavy atom. The van der Waals surface area contributed by atoms with Crippen molar-refractivity contribution in [3.8, 4) is 0 Å². The van der Waals surface area contributed by atoms with Gasteiger partial charge in [-0.2, -0.15) is 13.2 Å². The molecule has 1 heterocycles. The Hall–Kier alpha value is -1.07. The molecule has 0 aromatic heterocycles. The average molecular weight is 285 g/mol. The van der Waals surface area contributed by atoms with Crippen LogP contribution in [-0.4, -0.2) is 29.2 Å². The Morgan fingerprint density at radius 1 is 1.05 bits per heavy atom. The number of aliphatic hydroxyl groups is 1. The first-order valence-electron chi connectivity index (χ1n) is 7.03. The van der Waals surface area contributed by atoms with E-state index < -0.39 is 11.7 Å². The highest BCUT2D eigenvalue weighted by Gasteiger charge is 2.50. The quantitative estimate of drug-likeness (QED) is 0.902. The molecule has 2 nitrogen and oxygen atoms in total.